The highest BCUT2D eigenvalue weighted by molar-refractivity contribution is 7.07. The topological polar surface area (TPSA) is 26.0 Å². The van der Waals surface area contributed by atoms with Gasteiger partial charge in [0.15, 0.2) is 0 Å². The second-order valence-electron chi connectivity index (χ2n) is 1.88. The maximum atomic E-state index is 4.50. The first-order chi connectivity index (χ1) is 4.93. The van der Waals surface area contributed by atoms with Crippen molar-refractivity contribution in [2.45, 2.75) is 19.8 Å². The van der Waals surface area contributed by atoms with Crippen molar-refractivity contribution in [2.24, 2.45) is 5.73 Å². The smallest absolute Gasteiger partial charge is 0.00613 e. The van der Waals surface area contributed by atoms with Gasteiger partial charge in [0.1, 0.15) is 0 Å². The van der Waals surface area contributed by atoms with E-state index in [-0.39, 0.29) is 0 Å². The van der Waals surface area contributed by atoms with Crippen LogP contribution in [0.25, 0.3) is 0 Å². The first kappa shape index (κ1) is 9.66. The van der Waals surface area contributed by atoms with E-state index in [1.807, 2.05) is 0 Å². The van der Waals surface area contributed by atoms with Crippen LogP contribution in [0.1, 0.15) is 18.9 Å². The van der Waals surface area contributed by atoms with Crippen LogP contribution in [0.2, 0.25) is 0 Å². The third-order valence-electron chi connectivity index (χ3n) is 1.12. The van der Waals surface area contributed by atoms with Crippen LogP contribution in [-0.4, -0.2) is 7.05 Å². The van der Waals surface area contributed by atoms with Gasteiger partial charge in [0.2, 0.25) is 0 Å². The van der Waals surface area contributed by atoms with Gasteiger partial charge in [0.05, 0.1) is 0 Å². The van der Waals surface area contributed by atoms with Crippen LogP contribution >= 0.6 is 11.3 Å². The lowest BCUT2D eigenvalue weighted by atomic mass is 10.2. The summed E-state index contributed by atoms with van der Waals surface area (Å²) in [6.07, 6.45) is 2.50. The second kappa shape index (κ2) is 6.78. The molecule has 1 rings (SSSR count). The van der Waals surface area contributed by atoms with E-state index >= 15 is 0 Å². The van der Waals surface area contributed by atoms with Crippen molar-refractivity contribution in [2.75, 3.05) is 7.05 Å². The zero-order chi connectivity index (χ0) is 7.82. The lowest BCUT2D eigenvalue weighted by Crippen LogP contribution is -1.73. The second-order valence-corrected chi connectivity index (χ2v) is 2.66. The van der Waals surface area contributed by atoms with Crippen molar-refractivity contribution in [1.29, 1.82) is 0 Å². The molecule has 0 aliphatic carbocycles. The standard InChI is InChI=1S/C7H10S.CH5N/c1-2-3-7-4-5-8-6-7;1-2/h4-6H,2-3H2,1H3;2H2,1H3. The molecule has 0 aliphatic rings. The highest BCUT2D eigenvalue weighted by Crippen LogP contribution is 2.07. The van der Waals surface area contributed by atoms with E-state index in [0.29, 0.717) is 0 Å². The van der Waals surface area contributed by atoms with Crippen LogP contribution in [-0.2, 0) is 6.42 Å². The molecule has 0 radical (unpaired) electrons. The predicted octanol–water partition coefficient (Wildman–Crippen LogP) is 2.28. The van der Waals surface area contributed by atoms with Gasteiger partial charge in [0.25, 0.3) is 0 Å². The van der Waals surface area contributed by atoms with Crippen molar-refractivity contribution in [3.05, 3.63) is 22.4 Å². The Kier molecular flexibility index (Phi) is 6.55. The fourth-order valence-corrected chi connectivity index (χ4v) is 1.43. The van der Waals surface area contributed by atoms with Crippen molar-refractivity contribution < 1.29 is 0 Å². The van der Waals surface area contributed by atoms with Crippen molar-refractivity contribution >= 4 is 11.3 Å². The molecular weight excluding hydrogens is 142 g/mol. The quantitative estimate of drug-likeness (QED) is 0.700. The molecule has 0 bridgehead atoms. The fourth-order valence-electron chi connectivity index (χ4n) is 0.724. The molecule has 0 saturated carbocycles. The average Bonchev–Trinajstić information content (AvgIpc) is 2.46. The Morgan fingerprint density at radius 3 is 2.60 bits per heavy atom. The zero-order valence-electron chi connectivity index (χ0n) is 6.63. The number of aryl methyl sites for hydroxylation is 1. The van der Waals surface area contributed by atoms with E-state index in [9.17, 15) is 0 Å². The van der Waals surface area contributed by atoms with Gasteiger partial charge < -0.3 is 5.73 Å². The van der Waals surface area contributed by atoms with E-state index in [4.69, 9.17) is 0 Å². The summed E-state index contributed by atoms with van der Waals surface area (Å²) in [5.74, 6) is 0. The normalized spacial score (nSPS) is 8.30. The highest BCUT2D eigenvalue weighted by Gasteiger charge is 1.86. The number of thiophene rings is 1. The van der Waals surface area contributed by atoms with Gasteiger partial charge in [-0.25, -0.2) is 0 Å². The molecule has 0 amide bonds. The molecule has 2 heteroatoms. The Labute approximate surface area is 66.9 Å². The summed E-state index contributed by atoms with van der Waals surface area (Å²) < 4.78 is 0. The molecule has 1 aromatic rings. The maximum absolute atomic E-state index is 4.50. The van der Waals surface area contributed by atoms with Gasteiger partial charge in [0, 0.05) is 0 Å². The van der Waals surface area contributed by atoms with Gasteiger partial charge in [-0.2, -0.15) is 11.3 Å². The Hall–Kier alpha value is -0.340. The Balaban J connectivity index is 0.000000371. The summed E-state index contributed by atoms with van der Waals surface area (Å²) in [7, 11) is 1.50. The van der Waals surface area contributed by atoms with Gasteiger partial charge >= 0.3 is 0 Å². The zero-order valence-corrected chi connectivity index (χ0v) is 7.45. The summed E-state index contributed by atoms with van der Waals surface area (Å²) in [5, 5.41) is 4.34. The lowest BCUT2D eigenvalue weighted by molar-refractivity contribution is 0.927. The maximum Gasteiger partial charge on any atom is -0.00613 e. The molecule has 0 saturated heterocycles. The molecule has 0 aromatic carbocycles. The van der Waals surface area contributed by atoms with Crippen molar-refractivity contribution in [3.63, 3.8) is 0 Å². The summed E-state index contributed by atoms with van der Waals surface area (Å²) >= 11 is 1.78. The van der Waals surface area contributed by atoms with Crippen LogP contribution in [0.5, 0.6) is 0 Å². The van der Waals surface area contributed by atoms with E-state index in [1.165, 1.54) is 25.5 Å². The molecule has 0 atom stereocenters. The van der Waals surface area contributed by atoms with Gasteiger partial charge in [-0.15, -0.1) is 0 Å². The fraction of sp³-hybridized carbons (Fsp3) is 0.500. The van der Waals surface area contributed by atoms with Gasteiger partial charge in [-0.3, -0.25) is 0 Å². The summed E-state index contributed by atoms with van der Waals surface area (Å²) in [6.45, 7) is 2.21. The van der Waals surface area contributed by atoms with Crippen LogP contribution in [0.4, 0.5) is 0 Å². The lowest BCUT2D eigenvalue weighted by Gasteiger charge is -1.86. The Morgan fingerprint density at radius 2 is 2.20 bits per heavy atom. The molecule has 0 aliphatic heterocycles. The first-order valence-electron chi connectivity index (χ1n) is 3.52. The highest BCUT2D eigenvalue weighted by atomic mass is 32.1. The number of hydrogen-bond acceptors (Lipinski definition) is 2. The monoisotopic (exact) mass is 157 g/mol. The van der Waals surface area contributed by atoms with Crippen LogP contribution in [0.15, 0.2) is 16.8 Å². The molecule has 0 spiro atoms. The molecule has 10 heavy (non-hydrogen) atoms. The third kappa shape index (κ3) is 3.64. The van der Waals surface area contributed by atoms with Crippen LogP contribution in [0, 0.1) is 0 Å². The largest absolute Gasteiger partial charge is 0.333 e. The van der Waals surface area contributed by atoms with E-state index in [0.717, 1.165) is 0 Å². The van der Waals surface area contributed by atoms with E-state index in [1.54, 1.807) is 11.3 Å². The molecular formula is C8H15NS. The van der Waals surface area contributed by atoms with Crippen molar-refractivity contribution in [3.8, 4) is 0 Å². The number of rotatable bonds is 2. The van der Waals surface area contributed by atoms with Gasteiger partial charge in [-0.1, -0.05) is 13.3 Å². The SMILES string of the molecule is CCCc1ccsc1.CN. The Morgan fingerprint density at radius 1 is 1.50 bits per heavy atom. The molecule has 1 nitrogen and oxygen atoms in total. The van der Waals surface area contributed by atoms with Crippen LogP contribution in [0.3, 0.4) is 0 Å². The number of hydrogen-bond donors (Lipinski definition) is 1. The third-order valence-corrected chi connectivity index (χ3v) is 1.85. The van der Waals surface area contributed by atoms with E-state index < -0.39 is 0 Å². The molecule has 0 fully saturated rings. The molecule has 1 aromatic heterocycles. The minimum Gasteiger partial charge on any atom is -0.333 e. The van der Waals surface area contributed by atoms with Gasteiger partial charge in [-0.05, 0) is 35.9 Å². The minimum absolute atomic E-state index is 1.24. The molecule has 0 unspecified atom stereocenters. The average molecular weight is 157 g/mol. The first-order valence-corrected chi connectivity index (χ1v) is 4.46. The van der Waals surface area contributed by atoms with E-state index in [2.05, 4.69) is 29.5 Å². The summed E-state index contributed by atoms with van der Waals surface area (Å²) in [5.41, 5.74) is 5.98. The van der Waals surface area contributed by atoms with Crippen LogP contribution < -0.4 is 5.73 Å². The Bertz CT molecular complexity index is 135. The summed E-state index contributed by atoms with van der Waals surface area (Å²) in [6, 6.07) is 2.19. The molecule has 58 valence electrons. The van der Waals surface area contributed by atoms with Crippen molar-refractivity contribution in [1.82, 2.24) is 0 Å². The minimum atomic E-state index is 1.24. The summed E-state index contributed by atoms with van der Waals surface area (Å²) in [4.78, 5) is 0. The molecule has 2 N–H and O–H groups in total. The predicted molar refractivity (Wildman–Crippen MR) is 48.4 cm³/mol. The molecule has 1 heterocycles. The number of nitrogens with two attached hydrogens (primary N) is 1.